The number of rotatable bonds is 1. The highest BCUT2D eigenvalue weighted by Crippen LogP contribution is 2.39. The van der Waals surface area contributed by atoms with Crippen molar-refractivity contribution in [2.24, 2.45) is 4.99 Å². The van der Waals surface area contributed by atoms with Crippen molar-refractivity contribution in [1.29, 1.82) is 0 Å². The first-order valence-electron chi connectivity index (χ1n) is 7.75. The molecule has 3 heterocycles. The SMILES string of the molecule is Cc1sc2c(c1C)C(c1ccc(Cl)cc1)=NC(C)(C)c1nncn1-2. The Morgan fingerprint density at radius 3 is 2.54 bits per heavy atom. The predicted molar refractivity (Wildman–Crippen MR) is 98.8 cm³/mol. The molecule has 0 atom stereocenters. The standard InChI is InChI=1S/C18H17ClN4S/c1-10-11(2)24-16-14(10)15(12-5-7-13(19)8-6-12)21-18(3,4)17-22-20-9-23(16)17/h5-9H,1-4H3. The van der Waals surface area contributed by atoms with Gasteiger partial charge in [0.25, 0.3) is 0 Å². The number of aromatic nitrogens is 3. The van der Waals surface area contributed by atoms with Crippen molar-refractivity contribution in [3.63, 3.8) is 0 Å². The molecule has 0 amide bonds. The Bertz CT molecular complexity index is 964. The lowest BCUT2D eigenvalue weighted by molar-refractivity contribution is 0.511. The number of fused-ring (bicyclic) bond motifs is 3. The maximum absolute atomic E-state index is 6.07. The van der Waals surface area contributed by atoms with Crippen LogP contribution in [0.2, 0.25) is 5.02 Å². The van der Waals surface area contributed by atoms with Crippen molar-refractivity contribution < 1.29 is 0 Å². The highest BCUT2D eigenvalue weighted by atomic mass is 35.5. The van der Waals surface area contributed by atoms with Gasteiger partial charge in [-0.25, -0.2) is 0 Å². The fourth-order valence-corrected chi connectivity index (χ4v) is 4.32. The molecule has 0 bridgehead atoms. The van der Waals surface area contributed by atoms with Crippen molar-refractivity contribution in [2.75, 3.05) is 0 Å². The number of thiophene rings is 1. The van der Waals surface area contributed by atoms with Crippen LogP contribution in [0.3, 0.4) is 0 Å². The van der Waals surface area contributed by atoms with Gasteiger partial charge >= 0.3 is 0 Å². The third kappa shape index (κ3) is 2.23. The summed E-state index contributed by atoms with van der Waals surface area (Å²) in [5.41, 5.74) is 3.99. The monoisotopic (exact) mass is 356 g/mol. The topological polar surface area (TPSA) is 43.1 Å². The van der Waals surface area contributed by atoms with Gasteiger partial charge in [-0.05, 0) is 45.4 Å². The number of nitrogens with zero attached hydrogens (tertiary/aromatic N) is 4. The van der Waals surface area contributed by atoms with E-state index in [-0.39, 0.29) is 0 Å². The molecule has 0 spiro atoms. The molecule has 1 aromatic carbocycles. The highest BCUT2D eigenvalue weighted by molar-refractivity contribution is 7.15. The maximum Gasteiger partial charge on any atom is 0.165 e. The van der Waals surface area contributed by atoms with E-state index >= 15 is 0 Å². The number of hydrogen-bond acceptors (Lipinski definition) is 4. The molecule has 0 radical (unpaired) electrons. The van der Waals surface area contributed by atoms with Crippen LogP contribution in [0, 0.1) is 13.8 Å². The lowest BCUT2D eigenvalue weighted by Crippen LogP contribution is -2.20. The molecule has 0 fully saturated rings. The number of benzene rings is 1. The average molecular weight is 357 g/mol. The molecular formula is C18H17ClN4S. The van der Waals surface area contributed by atoms with Gasteiger partial charge in [0, 0.05) is 21.0 Å². The van der Waals surface area contributed by atoms with Crippen molar-refractivity contribution in [3.8, 4) is 5.00 Å². The summed E-state index contributed by atoms with van der Waals surface area (Å²) < 4.78 is 2.08. The second-order valence-corrected chi connectivity index (χ2v) is 8.15. The summed E-state index contributed by atoms with van der Waals surface area (Å²) in [5, 5.41) is 10.3. The van der Waals surface area contributed by atoms with E-state index in [4.69, 9.17) is 16.6 Å². The van der Waals surface area contributed by atoms with Gasteiger partial charge in [0.2, 0.25) is 0 Å². The molecule has 0 saturated carbocycles. The molecule has 2 aromatic heterocycles. The van der Waals surface area contributed by atoms with Gasteiger partial charge in [-0.2, -0.15) is 0 Å². The minimum Gasteiger partial charge on any atom is -0.274 e. The highest BCUT2D eigenvalue weighted by Gasteiger charge is 2.34. The summed E-state index contributed by atoms with van der Waals surface area (Å²) in [6.45, 7) is 8.44. The molecule has 6 heteroatoms. The quantitative estimate of drug-likeness (QED) is 0.635. The lowest BCUT2D eigenvalue weighted by atomic mass is 9.99. The van der Waals surface area contributed by atoms with E-state index in [2.05, 4.69) is 42.5 Å². The lowest BCUT2D eigenvalue weighted by Gasteiger charge is -2.18. The molecule has 0 saturated heterocycles. The Hall–Kier alpha value is -1.98. The van der Waals surface area contributed by atoms with E-state index < -0.39 is 5.54 Å². The van der Waals surface area contributed by atoms with Crippen molar-refractivity contribution >= 4 is 28.6 Å². The van der Waals surface area contributed by atoms with Crippen LogP contribution in [0.5, 0.6) is 0 Å². The van der Waals surface area contributed by atoms with Gasteiger partial charge in [0.05, 0.1) is 5.71 Å². The molecule has 4 rings (SSSR count). The summed E-state index contributed by atoms with van der Waals surface area (Å²) in [4.78, 5) is 6.37. The zero-order chi connectivity index (χ0) is 17.1. The normalized spacial score (nSPS) is 15.5. The van der Waals surface area contributed by atoms with E-state index in [1.165, 1.54) is 10.4 Å². The van der Waals surface area contributed by atoms with Crippen LogP contribution in [0.4, 0.5) is 0 Å². The summed E-state index contributed by atoms with van der Waals surface area (Å²) >= 11 is 7.83. The van der Waals surface area contributed by atoms with Gasteiger partial charge in [0.1, 0.15) is 16.9 Å². The van der Waals surface area contributed by atoms with E-state index in [0.29, 0.717) is 0 Å². The Balaban J connectivity index is 2.07. The van der Waals surface area contributed by atoms with Crippen LogP contribution in [0.25, 0.3) is 5.00 Å². The molecule has 1 aliphatic rings. The van der Waals surface area contributed by atoms with Crippen LogP contribution in [0.1, 0.15) is 41.2 Å². The molecule has 1 aliphatic heterocycles. The third-order valence-corrected chi connectivity index (χ3v) is 5.88. The largest absolute Gasteiger partial charge is 0.274 e. The molecule has 0 aliphatic carbocycles. The predicted octanol–water partition coefficient (Wildman–Crippen LogP) is 4.69. The van der Waals surface area contributed by atoms with Gasteiger partial charge in [0.15, 0.2) is 5.82 Å². The summed E-state index contributed by atoms with van der Waals surface area (Å²) in [7, 11) is 0. The van der Waals surface area contributed by atoms with Crippen LogP contribution < -0.4 is 0 Å². The molecule has 0 unspecified atom stereocenters. The van der Waals surface area contributed by atoms with Gasteiger partial charge < -0.3 is 0 Å². The molecule has 24 heavy (non-hydrogen) atoms. The zero-order valence-electron chi connectivity index (χ0n) is 14.0. The second kappa shape index (κ2) is 5.26. The molecular weight excluding hydrogens is 340 g/mol. The Morgan fingerprint density at radius 2 is 1.83 bits per heavy atom. The molecule has 3 aromatic rings. The Labute approximate surface area is 149 Å². The first-order valence-corrected chi connectivity index (χ1v) is 8.95. The Morgan fingerprint density at radius 1 is 1.12 bits per heavy atom. The zero-order valence-corrected chi connectivity index (χ0v) is 15.5. The van der Waals surface area contributed by atoms with E-state index in [0.717, 1.165) is 32.7 Å². The number of halogens is 1. The fraction of sp³-hybridized carbons (Fsp3) is 0.278. The van der Waals surface area contributed by atoms with Crippen molar-refractivity contribution in [3.05, 3.63) is 63.0 Å². The van der Waals surface area contributed by atoms with Gasteiger partial charge in [-0.15, -0.1) is 21.5 Å². The smallest absolute Gasteiger partial charge is 0.165 e. The first-order chi connectivity index (χ1) is 11.4. The minimum absolute atomic E-state index is 0.468. The summed E-state index contributed by atoms with van der Waals surface area (Å²) in [5.74, 6) is 0.856. The van der Waals surface area contributed by atoms with Crippen LogP contribution in [-0.2, 0) is 5.54 Å². The van der Waals surface area contributed by atoms with E-state index in [1.807, 2.05) is 24.3 Å². The average Bonchev–Trinajstić information content (AvgIpc) is 3.10. The number of hydrogen-bond donors (Lipinski definition) is 0. The number of aliphatic imine (C=N–C) groups is 1. The third-order valence-electron chi connectivity index (χ3n) is 4.43. The van der Waals surface area contributed by atoms with Crippen molar-refractivity contribution in [2.45, 2.75) is 33.2 Å². The molecule has 4 nitrogen and oxygen atoms in total. The van der Waals surface area contributed by atoms with E-state index in [1.54, 1.807) is 17.7 Å². The van der Waals surface area contributed by atoms with Crippen LogP contribution in [0.15, 0.2) is 35.6 Å². The van der Waals surface area contributed by atoms with Crippen LogP contribution >= 0.6 is 22.9 Å². The van der Waals surface area contributed by atoms with Gasteiger partial charge in [-0.1, -0.05) is 23.7 Å². The van der Waals surface area contributed by atoms with E-state index in [9.17, 15) is 0 Å². The fourth-order valence-electron chi connectivity index (χ4n) is 3.06. The maximum atomic E-state index is 6.07. The number of aryl methyl sites for hydroxylation is 1. The van der Waals surface area contributed by atoms with Crippen LogP contribution in [-0.4, -0.2) is 20.5 Å². The minimum atomic E-state index is -0.468. The summed E-state index contributed by atoms with van der Waals surface area (Å²) in [6.07, 6.45) is 1.78. The van der Waals surface area contributed by atoms with Crippen molar-refractivity contribution in [1.82, 2.24) is 14.8 Å². The van der Waals surface area contributed by atoms with Gasteiger partial charge in [-0.3, -0.25) is 9.56 Å². The first kappa shape index (κ1) is 15.5. The Kier molecular flexibility index (Phi) is 3.41. The molecule has 122 valence electrons. The second-order valence-electron chi connectivity index (χ2n) is 6.51. The summed E-state index contributed by atoms with van der Waals surface area (Å²) in [6, 6.07) is 7.87. The molecule has 0 N–H and O–H groups in total.